The van der Waals surface area contributed by atoms with Crippen molar-refractivity contribution < 1.29 is 4.79 Å². The fourth-order valence-electron chi connectivity index (χ4n) is 0. The highest BCUT2D eigenvalue weighted by Gasteiger charge is 1.81. The summed E-state index contributed by atoms with van der Waals surface area (Å²) >= 11 is 4.80. The second-order valence-corrected chi connectivity index (χ2v) is 0.824. The van der Waals surface area contributed by atoms with Gasteiger partial charge in [-0.05, 0) is 0 Å². The average Bonchev–Trinajstić information content (AvgIpc) is 1.38. The van der Waals surface area contributed by atoms with Crippen molar-refractivity contribution in [1.29, 1.82) is 0 Å². The minimum Gasteiger partial charge on any atom is -0.272 e. The molecule has 5 heavy (non-hydrogen) atoms. The molecule has 0 aliphatic heterocycles. The van der Waals surface area contributed by atoms with Gasteiger partial charge in [-0.2, -0.15) is 0 Å². The molecule has 0 aliphatic rings. The number of alkyl halides is 1. The summed E-state index contributed by atoms with van der Waals surface area (Å²) in [4.78, 5) is 9.35. The number of rotatable bonds is 1. The van der Waals surface area contributed by atoms with Crippen LogP contribution in [0.2, 0.25) is 0 Å². The third-order valence-corrected chi connectivity index (χ3v) is 0.364. The first-order chi connectivity index (χ1) is 2.27. The Morgan fingerprint density at radius 3 is 2.20 bits per heavy atom. The van der Waals surface area contributed by atoms with Crippen molar-refractivity contribution in [3.05, 3.63) is 0 Å². The third kappa shape index (κ3) is 3.76. The van der Waals surface area contributed by atoms with Gasteiger partial charge < -0.3 is 0 Å². The minimum absolute atomic E-state index is 0.194. The number of nitrogens with one attached hydrogen (secondary N) is 1. The van der Waals surface area contributed by atoms with Crippen molar-refractivity contribution in [2.45, 2.75) is 0 Å². The van der Waals surface area contributed by atoms with Crippen LogP contribution >= 0.6 is 11.6 Å². The first kappa shape index (κ1) is 4.76. The third-order valence-electron chi connectivity index (χ3n) is 0.121. The Hall–Kier alpha value is -0.240. The van der Waals surface area contributed by atoms with E-state index in [1.165, 1.54) is 0 Å². The molecule has 0 aromatic carbocycles. The lowest BCUT2D eigenvalue weighted by atomic mass is 10.8. The summed E-state index contributed by atoms with van der Waals surface area (Å²) in [6.07, 6.45) is 0. The molecule has 0 aromatic rings. The molecule has 1 N–H and O–H groups in total. The normalized spacial score (nSPS) is 7.40. The molecule has 1 amide bonds. The van der Waals surface area contributed by atoms with E-state index in [4.69, 9.17) is 17.3 Å². The van der Waals surface area contributed by atoms with Crippen molar-refractivity contribution in [2.24, 2.45) is 0 Å². The summed E-state index contributed by atoms with van der Waals surface area (Å²) in [6.45, 7) is 0. The van der Waals surface area contributed by atoms with E-state index in [9.17, 15) is 4.79 Å². The van der Waals surface area contributed by atoms with Gasteiger partial charge in [-0.1, -0.05) is 0 Å². The lowest BCUT2D eigenvalue weighted by Gasteiger charge is -1.68. The van der Waals surface area contributed by atoms with E-state index < -0.39 is 5.91 Å². The molecule has 0 aromatic heterocycles. The van der Waals surface area contributed by atoms with Crippen molar-refractivity contribution in [3.63, 3.8) is 0 Å². The van der Waals surface area contributed by atoms with Crippen LogP contribution in [0.1, 0.15) is 0 Å². The maximum absolute atomic E-state index is 9.35. The quantitative estimate of drug-likeness (QED) is 0.421. The molecule has 0 spiro atoms. The Morgan fingerprint density at radius 2 is 2.20 bits per heavy atom. The van der Waals surface area contributed by atoms with Crippen LogP contribution in [0.4, 0.5) is 0 Å². The lowest BCUT2D eigenvalue weighted by molar-refractivity contribution is -0.116. The second kappa shape index (κ2) is 2.03. The summed E-state index contributed by atoms with van der Waals surface area (Å²) < 4.78 is 0. The average molecular weight is 92.5 g/mol. The molecular formula is C2H3ClNO. The Morgan fingerprint density at radius 1 is 2.00 bits per heavy atom. The lowest BCUT2D eigenvalue weighted by Crippen LogP contribution is -1.96. The molecular weight excluding hydrogens is 89.5 g/mol. The SMILES string of the molecule is [NH]C(=O)CCl. The van der Waals surface area contributed by atoms with Crippen LogP contribution in [0, 0.1) is 0 Å². The van der Waals surface area contributed by atoms with Gasteiger partial charge in [0.25, 0.3) is 5.91 Å². The van der Waals surface area contributed by atoms with Crippen LogP contribution in [0.25, 0.3) is 0 Å². The smallest absolute Gasteiger partial charge is 0.253 e. The number of amides is 1. The molecule has 0 fully saturated rings. The Bertz CT molecular complexity index is 44.9. The molecule has 0 saturated heterocycles. The Kier molecular flexibility index (Phi) is 1.93. The van der Waals surface area contributed by atoms with Crippen LogP contribution in [0.15, 0.2) is 0 Å². The number of carbonyl (C=O) groups excluding carboxylic acids is 1. The van der Waals surface area contributed by atoms with Crippen LogP contribution in [-0.2, 0) is 4.79 Å². The van der Waals surface area contributed by atoms with Crippen molar-refractivity contribution in [2.75, 3.05) is 5.88 Å². The molecule has 1 radical (unpaired) electrons. The van der Waals surface area contributed by atoms with Crippen LogP contribution in [-0.4, -0.2) is 11.8 Å². The van der Waals surface area contributed by atoms with E-state index in [0.29, 0.717) is 0 Å². The summed E-state index contributed by atoms with van der Waals surface area (Å²) in [5, 5.41) is 0. The first-order valence-corrected chi connectivity index (χ1v) is 1.61. The zero-order valence-corrected chi connectivity index (χ0v) is 3.25. The van der Waals surface area contributed by atoms with E-state index >= 15 is 0 Å². The molecule has 0 heterocycles. The van der Waals surface area contributed by atoms with Crippen LogP contribution in [0.5, 0.6) is 0 Å². The number of halogens is 1. The van der Waals surface area contributed by atoms with Gasteiger partial charge in [0.05, 0.1) is 0 Å². The predicted molar refractivity (Wildman–Crippen MR) is 18.8 cm³/mol. The van der Waals surface area contributed by atoms with Gasteiger partial charge in [0.15, 0.2) is 0 Å². The topological polar surface area (TPSA) is 40.9 Å². The van der Waals surface area contributed by atoms with Gasteiger partial charge in [0, 0.05) is 0 Å². The largest absolute Gasteiger partial charge is 0.272 e. The zero-order valence-electron chi connectivity index (χ0n) is 2.49. The highest BCUT2D eigenvalue weighted by atomic mass is 35.5. The maximum Gasteiger partial charge on any atom is 0.253 e. The number of hydrogen-bond acceptors (Lipinski definition) is 1. The van der Waals surface area contributed by atoms with Gasteiger partial charge in [-0.15, -0.1) is 11.6 Å². The van der Waals surface area contributed by atoms with Crippen LogP contribution in [0.3, 0.4) is 0 Å². The summed E-state index contributed by atoms with van der Waals surface area (Å²) in [6, 6.07) is 0. The minimum atomic E-state index is -0.730. The van der Waals surface area contributed by atoms with E-state index in [-0.39, 0.29) is 5.88 Å². The molecule has 0 aliphatic carbocycles. The van der Waals surface area contributed by atoms with Gasteiger partial charge in [-0.3, -0.25) is 10.5 Å². The zero-order chi connectivity index (χ0) is 4.28. The van der Waals surface area contributed by atoms with Gasteiger partial charge >= 0.3 is 0 Å². The fraction of sp³-hybridized carbons (Fsp3) is 0.500. The number of carbonyl (C=O) groups is 1. The summed E-state index contributed by atoms with van der Waals surface area (Å²) in [5.41, 5.74) is 6.06. The standard InChI is InChI=1S/C2H3ClNO/c3-1-2(4)5/h4H,1H2. The molecule has 2 nitrogen and oxygen atoms in total. The Labute approximate surface area is 34.9 Å². The van der Waals surface area contributed by atoms with E-state index in [1.54, 1.807) is 0 Å². The first-order valence-electron chi connectivity index (χ1n) is 1.07. The maximum atomic E-state index is 9.35. The van der Waals surface area contributed by atoms with E-state index in [1.807, 2.05) is 0 Å². The van der Waals surface area contributed by atoms with Crippen molar-refractivity contribution in [3.8, 4) is 0 Å². The predicted octanol–water partition coefficient (Wildman–Crippen LogP) is 0.0347. The second-order valence-electron chi connectivity index (χ2n) is 0.557. The highest BCUT2D eigenvalue weighted by Crippen LogP contribution is 1.66. The van der Waals surface area contributed by atoms with Crippen LogP contribution < -0.4 is 5.73 Å². The summed E-state index contributed by atoms with van der Waals surface area (Å²) in [5.74, 6) is -0.924. The molecule has 0 bridgehead atoms. The van der Waals surface area contributed by atoms with Gasteiger partial charge in [-0.25, -0.2) is 0 Å². The van der Waals surface area contributed by atoms with E-state index in [0.717, 1.165) is 0 Å². The molecule has 0 unspecified atom stereocenters. The molecule has 0 atom stereocenters. The van der Waals surface area contributed by atoms with E-state index in [2.05, 4.69) is 0 Å². The van der Waals surface area contributed by atoms with Gasteiger partial charge in [0.1, 0.15) is 5.88 Å². The monoisotopic (exact) mass is 92.0 g/mol. The van der Waals surface area contributed by atoms with Crippen molar-refractivity contribution in [1.82, 2.24) is 5.73 Å². The molecule has 0 rings (SSSR count). The highest BCUT2D eigenvalue weighted by molar-refractivity contribution is 6.26. The summed E-state index contributed by atoms with van der Waals surface area (Å²) in [7, 11) is 0. The molecule has 0 saturated carbocycles. The Balaban J connectivity index is 2.85. The van der Waals surface area contributed by atoms with Crippen molar-refractivity contribution >= 4 is 17.5 Å². The van der Waals surface area contributed by atoms with Gasteiger partial charge in [0.2, 0.25) is 0 Å². The fourth-order valence-corrected chi connectivity index (χ4v) is 0. The molecule has 3 heteroatoms. The number of hydrogen-bond donors (Lipinski definition) is 0. The molecule has 29 valence electrons.